The Kier molecular flexibility index (Phi) is 4.74. The number of aliphatic hydroxyl groups excluding tert-OH is 1. The molecule has 1 aliphatic heterocycles. The minimum absolute atomic E-state index is 0.0758. The molecule has 0 saturated carbocycles. The van der Waals surface area contributed by atoms with Crippen LogP contribution in [0.2, 0.25) is 0 Å². The Hall–Kier alpha value is -1.88. The van der Waals surface area contributed by atoms with Crippen LogP contribution in [-0.2, 0) is 0 Å². The largest absolute Gasteiger partial charge is 0.478 e. The molecule has 2 rings (SSSR count). The third-order valence-corrected chi connectivity index (χ3v) is 3.73. The number of amides is 1. The third-order valence-electron chi connectivity index (χ3n) is 3.73. The van der Waals surface area contributed by atoms with Crippen molar-refractivity contribution < 1.29 is 19.8 Å². The van der Waals surface area contributed by atoms with E-state index in [1.54, 1.807) is 17.0 Å². The van der Waals surface area contributed by atoms with Gasteiger partial charge in [0.05, 0.1) is 5.56 Å². The molecule has 5 nitrogen and oxygen atoms in total. The van der Waals surface area contributed by atoms with Gasteiger partial charge in [0.1, 0.15) is 0 Å². The number of carboxylic acids is 1. The van der Waals surface area contributed by atoms with E-state index in [2.05, 4.69) is 0 Å². The Morgan fingerprint density at radius 2 is 1.80 bits per heavy atom. The van der Waals surface area contributed by atoms with E-state index in [1.807, 2.05) is 0 Å². The lowest BCUT2D eigenvalue weighted by Gasteiger charge is -2.35. The van der Waals surface area contributed by atoms with Crippen LogP contribution in [0.15, 0.2) is 24.3 Å². The number of hydrogen-bond acceptors (Lipinski definition) is 3. The molecule has 0 spiro atoms. The van der Waals surface area contributed by atoms with Gasteiger partial charge in [0, 0.05) is 24.8 Å². The van der Waals surface area contributed by atoms with E-state index in [0.717, 1.165) is 19.3 Å². The lowest BCUT2D eigenvalue weighted by atomic mass is 9.98. The van der Waals surface area contributed by atoms with Gasteiger partial charge in [0.15, 0.2) is 0 Å². The maximum atomic E-state index is 12.5. The van der Waals surface area contributed by atoms with E-state index in [0.29, 0.717) is 18.5 Å². The number of aromatic carboxylic acids is 1. The van der Waals surface area contributed by atoms with Gasteiger partial charge in [-0.2, -0.15) is 0 Å². The topological polar surface area (TPSA) is 77.8 Å². The molecule has 1 aromatic carbocycles. The number of piperidine rings is 1. The number of likely N-dealkylation sites (tertiary alicyclic amines) is 1. The highest BCUT2D eigenvalue weighted by atomic mass is 16.4. The molecule has 1 heterocycles. The normalized spacial score (nSPS) is 18.9. The molecule has 0 aliphatic carbocycles. The van der Waals surface area contributed by atoms with Crippen molar-refractivity contribution in [2.24, 2.45) is 0 Å². The molecule has 0 bridgehead atoms. The van der Waals surface area contributed by atoms with E-state index in [-0.39, 0.29) is 24.1 Å². The predicted molar refractivity (Wildman–Crippen MR) is 73.8 cm³/mol. The number of benzene rings is 1. The summed E-state index contributed by atoms with van der Waals surface area (Å²) in [4.78, 5) is 25.1. The van der Waals surface area contributed by atoms with Crippen LogP contribution in [0.4, 0.5) is 0 Å². The fraction of sp³-hybridized carbons (Fsp3) is 0.467. The molecule has 108 valence electrons. The molecule has 1 unspecified atom stereocenters. The van der Waals surface area contributed by atoms with Crippen molar-refractivity contribution in [2.45, 2.75) is 31.7 Å². The van der Waals surface area contributed by atoms with Crippen LogP contribution in [0.25, 0.3) is 0 Å². The Labute approximate surface area is 117 Å². The van der Waals surface area contributed by atoms with Crippen LogP contribution in [0, 0.1) is 0 Å². The highest BCUT2D eigenvalue weighted by molar-refractivity contribution is 5.96. The Morgan fingerprint density at radius 1 is 1.15 bits per heavy atom. The standard InChI is InChI=1S/C15H19NO4/c17-10-8-13-3-1-2-9-16(13)14(18)11-4-6-12(7-5-11)15(19)20/h4-7,13,17H,1-3,8-10H2,(H,19,20). The number of rotatable bonds is 4. The van der Waals surface area contributed by atoms with Gasteiger partial charge in [-0.3, -0.25) is 4.79 Å². The second kappa shape index (κ2) is 6.52. The number of nitrogens with zero attached hydrogens (tertiary/aromatic N) is 1. The van der Waals surface area contributed by atoms with Crippen molar-refractivity contribution in [3.8, 4) is 0 Å². The van der Waals surface area contributed by atoms with Crippen molar-refractivity contribution in [3.63, 3.8) is 0 Å². The van der Waals surface area contributed by atoms with Crippen LogP contribution < -0.4 is 0 Å². The molecular formula is C15H19NO4. The summed E-state index contributed by atoms with van der Waals surface area (Å²) >= 11 is 0. The second-order valence-corrected chi connectivity index (χ2v) is 5.04. The summed E-state index contributed by atoms with van der Waals surface area (Å²) in [6.07, 6.45) is 3.56. The molecule has 1 fully saturated rings. The van der Waals surface area contributed by atoms with Crippen molar-refractivity contribution in [2.75, 3.05) is 13.2 Å². The fourth-order valence-corrected chi connectivity index (χ4v) is 2.64. The zero-order chi connectivity index (χ0) is 14.5. The number of carbonyl (C=O) groups is 2. The molecule has 1 aromatic rings. The maximum Gasteiger partial charge on any atom is 0.335 e. The van der Waals surface area contributed by atoms with Crippen LogP contribution in [0.1, 0.15) is 46.4 Å². The van der Waals surface area contributed by atoms with E-state index >= 15 is 0 Å². The molecule has 5 heteroatoms. The summed E-state index contributed by atoms with van der Waals surface area (Å²) in [7, 11) is 0. The number of carboxylic acid groups (broad SMARTS) is 1. The van der Waals surface area contributed by atoms with E-state index in [1.165, 1.54) is 12.1 Å². The monoisotopic (exact) mass is 277 g/mol. The predicted octanol–water partition coefficient (Wildman–Crippen LogP) is 1.76. The molecule has 1 atom stereocenters. The minimum atomic E-state index is -1.000. The van der Waals surface area contributed by atoms with E-state index in [4.69, 9.17) is 10.2 Å². The first-order chi connectivity index (χ1) is 9.63. The average Bonchev–Trinajstić information content (AvgIpc) is 2.47. The highest BCUT2D eigenvalue weighted by Crippen LogP contribution is 2.22. The van der Waals surface area contributed by atoms with Gasteiger partial charge in [-0.15, -0.1) is 0 Å². The van der Waals surface area contributed by atoms with E-state index < -0.39 is 5.97 Å². The summed E-state index contributed by atoms with van der Waals surface area (Å²) in [5, 5.41) is 17.9. The van der Waals surface area contributed by atoms with Crippen molar-refractivity contribution in [1.29, 1.82) is 0 Å². The van der Waals surface area contributed by atoms with Crippen LogP contribution in [0.5, 0.6) is 0 Å². The first-order valence-electron chi connectivity index (χ1n) is 6.88. The van der Waals surface area contributed by atoms with E-state index in [9.17, 15) is 9.59 Å². The molecule has 0 radical (unpaired) electrons. The summed E-state index contributed by atoms with van der Waals surface area (Å²) in [6.45, 7) is 0.774. The Balaban J connectivity index is 2.14. The fourth-order valence-electron chi connectivity index (χ4n) is 2.64. The molecule has 20 heavy (non-hydrogen) atoms. The van der Waals surface area contributed by atoms with Gasteiger partial charge >= 0.3 is 5.97 Å². The van der Waals surface area contributed by atoms with Crippen molar-refractivity contribution in [1.82, 2.24) is 4.90 Å². The van der Waals surface area contributed by atoms with Gasteiger partial charge in [-0.05, 0) is 49.9 Å². The van der Waals surface area contributed by atoms with Crippen LogP contribution >= 0.6 is 0 Å². The number of aliphatic hydroxyl groups is 1. The van der Waals surface area contributed by atoms with Gasteiger partial charge in [-0.25, -0.2) is 4.79 Å². The van der Waals surface area contributed by atoms with Gasteiger partial charge < -0.3 is 15.1 Å². The van der Waals surface area contributed by atoms with Crippen LogP contribution in [-0.4, -0.2) is 46.2 Å². The average molecular weight is 277 g/mol. The summed E-state index contributed by atoms with van der Waals surface area (Å²) in [6, 6.07) is 6.08. The third kappa shape index (κ3) is 3.17. The van der Waals surface area contributed by atoms with Crippen LogP contribution in [0.3, 0.4) is 0 Å². The number of carbonyl (C=O) groups excluding carboxylic acids is 1. The Morgan fingerprint density at radius 3 is 2.40 bits per heavy atom. The smallest absolute Gasteiger partial charge is 0.335 e. The zero-order valence-electron chi connectivity index (χ0n) is 11.3. The maximum absolute atomic E-state index is 12.5. The first-order valence-corrected chi connectivity index (χ1v) is 6.88. The quantitative estimate of drug-likeness (QED) is 0.879. The zero-order valence-corrected chi connectivity index (χ0v) is 11.3. The molecule has 1 amide bonds. The second-order valence-electron chi connectivity index (χ2n) is 5.04. The van der Waals surface area contributed by atoms with Gasteiger partial charge in [0.2, 0.25) is 0 Å². The summed E-state index contributed by atoms with van der Waals surface area (Å²) in [5.74, 6) is -1.08. The lowest BCUT2D eigenvalue weighted by molar-refractivity contribution is 0.0573. The first kappa shape index (κ1) is 14.5. The molecule has 1 aliphatic rings. The van der Waals surface area contributed by atoms with Gasteiger partial charge in [0.25, 0.3) is 5.91 Å². The minimum Gasteiger partial charge on any atom is -0.478 e. The molecule has 1 saturated heterocycles. The number of hydrogen-bond donors (Lipinski definition) is 2. The van der Waals surface area contributed by atoms with Gasteiger partial charge in [-0.1, -0.05) is 0 Å². The van der Waals surface area contributed by atoms with Crippen molar-refractivity contribution >= 4 is 11.9 Å². The molecule has 2 N–H and O–H groups in total. The molecule has 0 aromatic heterocycles. The Bertz CT molecular complexity index is 481. The summed E-state index contributed by atoms with van der Waals surface area (Å²) in [5.41, 5.74) is 0.673. The van der Waals surface area contributed by atoms with Crippen molar-refractivity contribution in [3.05, 3.63) is 35.4 Å². The highest BCUT2D eigenvalue weighted by Gasteiger charge is 2.26. The molecular weight excluding hydrogens is 258 g/mol. The summed E-state index contributed by atoms with van der Waals surface area (Å²) < 4.78 is 0. The SMILES string of the molecule is O=C(O)c1ccc(C(=O)N2CCCCC2CCO)cc1. The lowest BCUT2D eigenvalue weighted by Crippen LogP contribution is -2.44.